The molecule has 2 heterocycles. The summed E-state index contributed by atoms with van der Waals surface area (Å²) in [6, 6.07) is 24.6. The summed E-state index contributed by atoms with van der Waals surface area (Å²) in [4.78, 5) is 8.58. The molecule has 5 rings (SSSR count). The highest BCUT2D eigenvalue weighted by atomic mass is 35.5. The van der Waals surface area contributed by atoms with E-state index in [1.807, 2.05) is 72.8 Å². The lowest BCUT2D eigenvalue weighted by Crippen LogP contribution is -1.96. The Bertz CT molecular complexity index is 1300. The zero-order valence-electron chi connectivity index (χ0n) is 15.6. The van der Waals surface area contributed by atoms with Gasteiger partial charge in [0.1, 0.15) is 34.7 Å². The van der Waals surface area contributed by atoms with E-state index in [9.17, 15) is 0 Å². The number of benzene rings is 3. The topological polar surface area (TPSA) is 73.1 Å². The van der Waals surface area contributed by atoms with E-state index in [0.29, 0.717) is 33.7 Å². The van der Waals surface area contributed by atoms with Gasteiger partial charge in [0.2, 0.25) is 0 Å². The average molecular weight is 415 g/mol. The number of rotatable bonds is 5. The summed E-state index contributed by atoms with van der Waals surface area (Å²) in [6.07, 6.45) is 1.44. The van der Waals surface area contributed by atoms with Gasteiger partial charge in [-0.15, -0.1) is 0 Å². The Balaban J connectivity index is 1.43. The van der Waals surface area contributed by atoms with E-state index in [1.54, 1.807) is 6.07 Å². The molecule has 30 heavy (non-hydrogen) atoms. The fraction of sp³-hybridized carbons (Fsp3) is 0. The minimum atomic E-state index is 0.421. The molecule has 0 saturated heterocycles. The highest BCUT2D eigenvalue weighted by molar-refractivity contribution is 6.32. The molecule has 2 aromatic heterocycles. The molecule has 146 valence electrons. The zero-order valence-corrected chi connectivity index (χ0v) is 16.4. The van der Waals surface area contributed by atoms with Crippen molar-refractivity contribution in [3.8, 4) is 22.8 Å². The highest BCUT2D eigenvalue weighted by Gasteiger charge is 2.16. The second kappa shape index (κ2) is 7.85. The van der Waals surface area contributed by atoms with Crippen molar-refractivity contribution in [3.05, 3.63) is 90.2 Å². The number of para-hydroxylation sites is 1. The molecule has 0 spiro atoms. The van der Waals surface area contributed by atoms with E-state index in [-0.39, 0.29) is 0 Å². The van der Waals surface area contributed by atoms with Crippen molar-refractivity contribution < 1.29 is 9.26 Å². The average Bonchev–Trinajstić information content (AvgIpc) is 3.23. The lowest BCUT2D eigenvalue weighted by Gasteiger charge is -2.10. The first-order valence-corrected chi connectivity index (χ1v) is 9.61. The van der Waals surface area contributed by atoms with Crippen LogP contribution in [-0.2, 0) is 0 Å². The second-order valence-electron chi connectivity index (χ2n) is 6.48. The molecule has 3 aromatic carbocycles. The number of nitrogens with zero attached hydrogens (tertiary/aromatic N) is 3. The summed E-state index contributed by atoms with van der Waals surface area (Å²) in [5.41, 5.74) is 2.87. The molecule has 0 bridgehead atoms. The Morgan fingerprint density at radius 1 is 0.833 bits per heavy atom. The Morgan fingerprint density at radius 2 is 1.60 bits per heavy atom. The number of fused-ring (bicyclic) bond motifs is 1. The molecule has 0 amide bonds. The molecule has 5 aromatic rings. The number of nitrogens with one attached hydrogen (secondary N) is 1. The molecule has 0 unspecified atom stereocenters. The van der Waals surface area contributed by atoms with Crippen molar-refractivity contribution in [2.75, 3.05) is 5.32 Å². The van der Waals surface area contributed by atoms with Crippen molar-refractivity contribution >= 4 is 34.2 Å². The van der Waals surface area contributed by atoms with Crippen molar-refractivity contribution in [2.24, 2.45) is 0 Å². The molecule has 1 N–H and O–H groups in total. The van der Waals surface area contributed by atoms with Crippen LogP contribution in [0.25, 0.3) is 22.4 Å². The predicted molar refractivity (Wildman–Crippen MR) is 116 cm³/mol. The molecule has 0 radical (unpaired) electrons. The van der Waals surface area contributed by atoms with Gasteiger partial charge in [-0.3, -0.25) is 0 Å². The minimum absolute atomic E-state index is 0.421. The summed E-state index contributed by atoms with van der Waals surface area (Å²) in [6.45, 7) is 0. The minimum Gasteiger partial charge on any atom is -0.456 e. The van der Waals surface area contributed by atoms with Crippen LogP contribution < -0.4 is 10.1 Å². The number of ether oxygens (including phenoxy) is 1. The van der Waals surface area contributed by atoms with E-state index >= 15 is 0 Å². The van der Waals surface area contributed by atoms with Crippen LogP contribution in [0.3, 0.4) is 0 Å². The maximum absolute atomic E-state index is 6.16. The van der Waals surface area contributed by atoms with Crippen LogP contribution in [0.4, 0.5) is 11.5 Å². The number of aromatic nitrogens is 3. The molecule has 7 heteroatoms. The normalized spacial score (nSPS) is 10.8. The third kappa shape index (κ3) is 3.56. The van der Waals surface area contributed by atoms with Gasteiger partial charge in [-0.1, -0.05) is 59.2 Å². The zero-order chi connectivity index (χ0) is 20.3. The molecule has 6 nitrogen and oxygen atoms in total. The van der Waals surface area contributed by atoms with Crippen molar-refractivity contribution in [1.82, 2.24) is 15.1 Å². The van der Waals surface area contributed by atoms with Crippen LogP contribution in [0, 0.1) is 0 Å². The number of hydrogen-bond donors (Lipinski definition) is 1. The smallest absolute Gasteiger partial charge is 0.263 e. The summed E-state index contributed by atoms with van der Waals surface area (Å²) >= 11 is 6.16. The highest BCUT2D eigenvalue weighted by Crippen LogP contribution is 2.33. The maximum Gasteiger partial charge on any atom is 0.263 e. The lowest BCUT2D eigenvalue weighted by atomic mass is 10.1. The van der Waals surface area contributed by atoms with Gasteiger partial charge < -0.3 is 14.6 Å². The van der Waals surface area contributed by atoms with E-state index in [1.165, 1.54) is 6.33 Å². The van der Waals surface area contributed by atoms with Gasteiger partial charge in [0.25, 0.3) is 5.71 Å². The Hall–Kier alpha value is -3.90. The second-order valence-corrected chi connectivity index (χ2v) is 6.89. The van der Waals surface area contributed by atoms with E-state index in [2.05, 4.69) is 20.4 Å². The Morgan fingerprint density at radius 3 is 2.40 bits per heavy atom. The van der Waals surface area contributed by atoms with Gasteiger partial charge in [-0.25, -0.2) is 4.98 Å². The summed E-state index contributed by atoms with van der Waals surface area (Å²) in [5.74, 6) is 1.89. The largest absolute Gasteiger partial charge is 0.456 e. The monoisotopic (exact) mass is 414 g/mol. The van der Waals surface area contributed by atoms with Crippen LogP contribution in [0.5, 0.6) is 11.5 Å². The number of hydrogen-bond acceptors (Lipinski definition) is 6. The molecule has 0 aliphatic heterocycles. The molecular formula is C23H15ClN4O2. The first-order valence-electron chi connectivity index (χ1n) is 9.23. The SMILES string of the molecule is Clc1ccccc1Oc1ccc(Nc2ncnc3onc(-c4ccccc4)c23)cc1. The number of halogens is 1. The fourth-order valence-corrected chi connectivity index (χ4v) is 3.25. The third-order valence-electron chi connectivity index (χ3n) is 4.50. The van der Waals surface area contributed by atoms with Crippen molar-refractivity contribution in [3.63, 3.8) is 0 Å². The van der Waals surface area contributed by atoms with Gasteiger partial charge >= 0.3 is 0 Å². The van der Waals surface area contributed by atoms with Crippen molar-refractivity contribution in [2.45, 2.75) is 0 Å². The van der Waals surface area contributed by atoms with Gasteiger partial charge in [0.15, 0.2) is 0 Å². The summed E-state index contributed by atoms with van der Waals surface area (Å²) < 4.78 is 11.2. The Labute approximate surface area is 177 Å². The molecule has 0 atom stereocenters. The van der Waals surface area contributed by atoms with Gasteiger partial charge in [0, 0.05) is 11.3 Å². The fourth-order valence-electron chi connectivity index (χ4n) is 3.07. The molecular weight excluding hydrogens is 400 g/mol. The van der Waals surface area contributed by atoms with Crippen molar-refractivity contribution in [1.29, 1.82) is 0 Å². The van der Waals surface area contributed by atoms with Crippen LogP contribution in [-0.4, -0.2) is 15.1 Å². The predicted octanol–water partition coefficient (Wildman–Crippen LogP) is 6.47. The van der Waals surface area contributed by atoms with E-state index in [0.717, 1.165) is 16.6 Å². The van der Waals surface area contributed by atoms with Crippen LogP contribution >= 0.6 is 11.6 Å². The van der Waals surface area contributed by atoms with E-state index in [4.69, 9.17) is 20.9 Å². The van der Waals surface area contributed by atoms with Crippen LogP contribution in [0.15, 0.2) is 89.7 Å². The number of anilines is 2. The van der Waals surface area contributed by atoms with Gasteiger partial charge in [0.05, 0.1) is 5.02 Å². The molecule has 0 aliphatic carbocycles. The first kappa shape index (κ1) is 18.1. The van der Waals surface area contributed by atoms with Crippen LogP contribution in [0.2, 0.25) is 5.02 Å². The molecule has 0 saturated carbocycles. The quantitative estimate of drug-likeness (QED) is 0.355. The van der Waals surface area contributed by atoms with Gasteiger partial charge in [-0.2, -0.15) is 4.98 Å². The maximum atomic E-state index is 6.16. The standard InChI is InChI=1S/C23H15ClN4O2/c24-18-8-4-5-9-19(18)29-17-12-10-16(11-13-17)27-22-20-21(15-6-2-1-3-7-15)28-30-23(20)26-14-25-22/h1-14H,(H,25,26,27). The Kier molecular flexibility index (Phi) is 4.75. The molecule has 0 fully saturated rings. The summed E-state index contributed by atoms with van der Waals surface area (Å²) in [7, 11) is 0. The van der Waals surface area contributed by atoms with Gasteiger partial charge in [-0.05, 0) is 36.4 Å². The lowest BCUT2D eigenvalue weighted by molar-refractivity contribution is 0.451. The van der Waals surface area contributed by atoms with E-state index < -0.39 is 0 Å². The first-order chi connectivity index (χ1) is 14.8. The van der Waals surface area contributed by atoms with Crippen LogP contribution in [0.1, 0.15) is 0 Å². The summed E-state index contributed by atoms with van der Waals surface area (Å²) in [5, 5.41) is 8.78. The molecule has 0 aliphatic rings. The third-order valence-corrected chi connectivity index (χ3v) is 4.81.